The van der Waals surface area contributed by atoms with Crippen molar-refractivity contribution in [1.29, 1.82) is 0 Å². The van der Waals surface area contributed by atoms with Gasteiger partial charge in [0.05, 0.1) is 16.1 Å². The van der Waals surface area contributed by atoms with Crippen LogP contribution in [0.15, 0.2) is 18.2 Å². The Kier molecular flexibility index (Phi) is 6.81. The van der Waals surface area contributed by atoms with E-state index in [-0.39, 0.29) is 6.10 Å². The Labute approximate surface area is 138 Å². The van der Waals surface area contributed by atoms with E-state index in [4.69, 9.17) is 27.9 Å². The number of hydrogen-bond acceptors (Lipinski definition) is 2. The van der Waals surface area contributed by atoms with Gasteiger partial charge < -0.3 is 10.1 Å². The molecule has 21 heavy (non-hydrogen) atoms. The summed E-state index contributed by atoms with van der Waals surface area (Å²) >= 11 is 12.1. The Bertz CT molecular complexity index is 446. The van der Waals surface area contributed by atoms with Crippen LogP contribution in [-0.2, 0) is 11.2 Å². The molecule has 0 aliphatic heterocycles. The third-order valence-electron chi connectivity index (χ3n) is 4.59. The second-order valence-corrected chi connectivity index (χ2v) is 6.76. The number of ether oxygens (including phenoxy) is 1. The predicted octanol–water partition coefficient (Wildman–Crippen LogP) is 4.72. The van der Waals surface area contributed by atoms with E-state index in [1.54, 1.807) is 0 Å². The first-order valence-electron chi connectivity index (χ1n) is 7.79. The number of methoxy groups -OCH3 is 1. The zero-order valence-corrected chi connectivity index (χ0v) is 14.4. The van der Waals surface area contributed by atoms with E-state index in [0.717, 1.165) is 6.42 Å². The van der Waals surface area contributed by atoms with Gasteiger partial charge in [0.1, 0.15) is 0 Å². The lowest BCUT2D eigenvalue weighted by Crippen LogP contribution is -2.45. The minimum Gasteiger partial charge on any atom is -0.380 e. The smallest absolute Gasteiger partial charge is 0.0755 e. The van der Waals surface area contributed by atoms with Crippen molar-refractivity contribution in [2.45, 2.75) is 50.7 Å². The second-order valence-electron chi connectivity index (χ2n) is 5.95. The van der Waals surface area contributed by atoms with E-state index in [2.05, 4.69) is 5.32 Å². The SMILES string of the molecule is CNC(Cc1ccc(Cl)c(Cl)c1)C(OC)C1CCCCC1. The first-order chi connectivity index (χ1) is 10.2. The first-order valence-corrected chi connectivity index (χ1v) is 8.55. The maximum atomic E-state index is 6.12. The molecule has 2 rings (SSSR count). The molecule has 1 aliphatic rings. The van der Waals surface area contributed by atoms with Crippen LogP contribution in [0.2, 0.25) is 10.0 Å². The summed E-state index contributed by atoms with van der Waals surface area (Å²) in [4.78, 5) is 0. The monoisotopic (exact) mass is 329 g/mol. The van der Waals surface area contributed by atoms with Crippen molar-refractivity contribution in [3.8, 4) is 0 Å². The first kappa shape index (κ1) is 17.1. The third-order valence-corrected chi connectivity index (χ3v) is 5.33. The van der Waals surface area contributed by atoms with E-state index in [1.807, 2.05) is 32.4 Å². The van der Waals surface area contributed by atoms with Crippen LogP contribution < -0.4 is 5.32 Å². The van der Waals surface area contributed by atoms with Gasteiger partial charge in [-0.2, -0.15) is 0 Å². The second kappa shape index (κ2) is 8.38. The molecule has 0 bridgehead atoms. The fourth-order valence-electron chi connectivity index (χ4n) is 3.45. The van der Waals surface area contributed by atoms with Crippen LogP contribution in [0.4, 0.5) is 0 Å². The summed E-state index contributed by atoms with van der Waals surface area (Å²) < 4.78 is 5.85. The van der Waals surface area contributed by atoms with Crippen LogP contribution in [0, 0.1) is 5.92 Å². The van der Waals surface area contributed by atoms with Crippen molar-refractivity contribution in [3.63, 3.8) is 0 Å². The Morgan fingerprint density at radius 1 is 1.19 bits per heavy atom. The molecule has 2 unspecified atom stereocenters. The maximum Gasteiger partial charge on any atom is 0.0755 e. The fourth-order valence-corrected chi connectivity index (χ4v) is 3.77. The highest BCUT2D eigenvalue weighted by Crippen LogP contribution is 2.30. The molecule has 0 saturated heterocycles. The Balaban J connectivity index is 2.07. The molecule has 1 aromatic rings. The molecule has 118 valence electrons. The number of rotatable bonds is 6. The standard InChI is InChI=1S/C17H25Cl2NO/c1-20-16(11-12-8-9-14(18)15(19)10-12)17(21-2)13-6-4-3-5-7-13/h8-10,13,16-17,20H,3-7,11H2,1-2H3. The Hall–Kier alpha value is -0.280. The van der Waals surface area contributed by atoms with Crippen molar-refractivity contribution in [3.05, 3.63) is 33.8 Å². The van der Waals surface area contributed by atoms with E-state index in [1.165, 1.54) is 37.7 Å². The van der Waals surface area contributed by atoms with Gasteiger partial charge in [0, 0.05) is 13.2 Å². The van der Waals surface area contributed by atoms with E-state index >= 15 is 0 Å². The normalized spacial score (nSPS) is 19.4. The summed E-state index contributed by atoms with van der Waals surface area (Å²) in [6.45, 7) is 0. The van der Waals surface area contributed by atoms with Gasteiger partial charge in [-0.3, -0.25) is 0 Å². The summed E-state index contributed by atoms with van der Waals surface area (Å²) in [7, 11) is 3.84. The average molecular weight is 330 g/mol. The largest absolute Gasteiger partial charge is 0.380 e. The number of likely N-dealkylation sites (N-methyl/N-ethyl adjacent to an activating group) is 1. The quantitative estimate of drug-likeness (QED) is 0.815. The molecule has 1 fully saturated rings. The van der Waals surface area contributed by atoms with Gasteiger partial charge in [-0.1, -0.05) is 48.5 Å². The lowest BCUT2D eigenvalue weighted by molar-refractivity contribution is 0.0102. The van der Waals surface area contributed by atoms with Crippen molar-refractivity contribution < 1.29 is 4.74 Å². The fraction of sp³-hybridized carbons (Fsp3) is 0.647. The number of halogens is 2. The molecule has 0 aromatic heterocycles. The Morgan fingerprint density at radius 2 is 1.90 bits per heavy atom. The maximum absolute atomic E-state index is 6.12. The molecule has 2 nitrogen and oxygen atoms in total. The molecule has 1 aliphatic carbocycles. The van der Waals surface area contributed by atoms with Gasteiger partial charge in [0.2, 0.25) is 0 Å². The van der Waals surface area contributed by atoms with Gasteiger partial charge in [0.15, 0.2) is 0 Å². The van der Waals surface area contributed by atoms with Gasteiger partial charge in [0.25, 0.3) is 0 Å². The number of hydrogen-bond donors (Lipinski definition) is 1. The summed E-state index contributed by atoms with van der Waals surface area (Å²) in [5, 5.41) is 4.66. The van der Waals surface area contributed by atoms with Crippen LogP contribution in [0.5, 0.6) is 0 Å². The zero-order valence-electron chi connectivity index (χ0n) is 12.9. The van der Waals surface area contributed by atoms with Crippen molar-refractivity contribution in [1.82, 2.24) is 5.32 Å². The van der Waals surface area contributed by atoms with Crippen LogP contribution in [-0.4, -0.2) is 26.3 Å². The van der Waals surface area contributed by atoms with Crippen LogP contribution in [0.1, 0.15) is 37.7 Å². The third kappa shape index (κ3) is 4.59. The molecule has 2 atom stereocenters. The topological polar surface area (TPSA) is 21.3 Å². The number of benzene rings is 1. The average Bonchev–Trinajstić information content (AvgIpc) is 2.51. The molecular formula is C17H25Cl2NO. The van der Waals surface area contributed by atoms with Gasteiger partial charge in [-0.15, -0.1) is 0 Å². The van der Waals surface area contributed by atoms with E-state index in [0.29, 0.717) is 22.0 Å². The highest BCUT2D eigenvalue weighted by atomic mass is 35.5. The summed E-state index contributed by atoms with van der Waals surface area (Å²) in [6, 6.07) is 6.18. The molecule has 0 amide bonds. The van der Waals surface area contributed by atoms with Crippen molar-refractivity contribution in [2.75, 3.05) is 14.2 Å². The van der Waals surface area contributed by atoms with Crippen LogP contribution in [0.3, 0.4) is 0 Å². The molecule has 0 spiro atoms. The summed E-state index contributed by atoms with van der Waals surface area (Å²) in [6.07, 6.45) is 7.73. The van der Waals surface area contributed by atoms with Crippen molar-refractivity contribution >= 4 is 23.2 Å². The minimum atomic E-state index is 0.254. The highest BCUT2D eigenvalue weighted by molar-refractivity contribution is 6.42. The minimum absolute atomic E-state index is 0.254. The molecule has 0 radical (unpaired) electrons. The highest BCUT2D eigenvalue weighted by Gasteiger charge is 2.29. The molecule has 1 N–H and O–H groups in total. The lowest BCUT2D eigenvalue weighted by atomic mass is 9.81. The molecular weight excluding hydrogens is 305 g/mol. The van der Waals surface area contributed by atoms with Crippen molar-refractivity contribution in [2.24, 2.45) is 5.92 Å². The van der Waals surface area contributed by atoms with Gasteiger partial charge in [-0.05, 0) is 49.9 Å². The molecule has 4 heteroatoms. The zero-order chi connectivity index (χ0) is 15.2. The van der Waals surface area contributed by atoms with Gasteiger partial charge >= 0.3 is 0 Å². The Morgan fingerprint density at radius 3 is 2.48 bits per heavy atom. The molecule has 0 heterocycles. The number of nitrogens with one attached hydrogen (secondary N) is 1. The summed E-state index contributed by atoms with van der Waals surface area (Å²) in [5.74, 6) is 0.656. The summed E-state index contributed by atoms with van der Waals surface area (Å²) in [5.41, 5.74) is 1.20. The molecule has 1 aromatic carbocycles. The lowest BCUT2D eigenvalue weighted by Gasteiger charge is -2.35. The predicted molar refractivity (Wildman–Crippen MR) is 90.4 cm³/mol. The van der Waals surface area contributed by atoms with E-state index < -0.39 is 0 Å². The van der Waals surface area contributed by atoms with Gasteiger partial charge in [-0.25, -0.2) is 0 Å². The van der Waals surface area contributed by atoms with Crippen LogP contribution >= 0.6 is 23.2 Å². The molecule has 1 saturated carbocycles. The van der Waals surface area contributed by atoms with Crippen LogP contribution in [0.25, 0.3) is 0 Å². The van der Waals surface area contributed by atoms with E-state index in [9.17, 15) is 0 Å².